The van der Waals surface area contributed by atoms with E-state index in [-0.39, 0.29) is 122 Å². The number of nitrogens with zero attached hydrogens (tertiary/aromatic N) is 1. The minimum Gasteiger partial charge on any atom is -0.555 e. The van der Waals surface area contributed by atoms with Crippen LogP contribution in [-0.2, 0) is 84.5 Å². The van der Waals surface area contributed by atoms with Crippen LogP contribution in [0.15, 0.2) is 0 Å². The first kappa shape index (κ1) is 42.0. The summed E-state index contributed by atoms with van der Waals surface area (Å²) in [5.74, 6) is 1.51. The molecule has 196 valence electrons. The Morgan fingerprint density at radius 3 is 1.94 bits per heavy atom. The molecule has 0 aromatic rings. The van der Waals surface area contributed by atoms with Crippen LogP contribution in [0.4, 0.5) is 0 Å². The van der Waals surface area contributed by atoms with Gasteiger partial charge in [-0.2, -0.15) is 0 Å². The fourth-order valence-corrected chi connectivity index (χ4v) is 4.73. The van der Waals surface area contributed by atoms with Crippen molar-refractivity contribution < 1.29 is 84.5 Å². The van der Waals surface area contributed by atoms with Crippen LogP contribution in [0.25, 0.3) is 0 Å². The number of likely N-dealkylation sites (tertiary alicyclic amines) is 1. The molecule has 1 saturated carbocycles. The summed E-state index contributed by atoms with van der Waals surface area (Å²) in [7, 11) is 8.79. The summed E-state index contributed by atoms with van der Waals surface area (Å²) in [6.45, 7) is 11.0. The number of Topliss-reactive ketones (excluding diaryl/α,β-unsaturated/α-hetero) is 2. The number of hydrogen-bond donors (Lipinski definition) is 2. The van der Waals surface area contributed by atoms with Crippen molar-refractivity contribution in [2.75, 3.05) is 20.2 Å². The van der Waals surface area contributed by atoms with Crippen LogP contribution in [0, 0.1) is 52.7 Å². The normalized spacial score (nSPS) is 23.1. The third kappa shape index (κ3) is 11.5. The maximum absolute atomic E-state index is 12.0. The van der Waals surface area contributed by atoms with Crippen LogP contribution in [0.3, 0.4) is 0 Å². The summed E-state index contributed by atoms with van der Waals surface area (Å²) >= 11 is 0. The van der Waals surface area contributed by atoms with Crippen LogP contribution in [0.2, 0.25) is 0 Å². The largest absolute Gasteiger partial charge is 0.555 e. The zero-order chi connectivity index (χ0) is 23.0. The number of ether oxygens (including phenoxy) is 1. The summed E-state index contributed by atoms with van der Waals surface area (Å²) in [5, 5.41) is 5.80. The fourth-order valence-electron chi connectivity index (χ4n) is 4.73. The second-order valence-corrected chi connectivity index (χ2v) is 9.08. The van der Waals surface area contributed by atoms with Gasteiger partial charge in [-0.25, -0.2) is 7.11 Å². The van der Waals surface area contributed by atoms with Gasteiger partial charge in [-0.1, -0.05) is 27.7 Å². The van der Waals surface area contributed by atoms with Crippen LogP contribution in [-0.4, -0.2) is 60.7 Å². The first-order chi connectivity index (χ1) is 14.1. The van der Waals surface area contributed by atoms with Crippen molar-refractivity contribution in [3.63, 3.8) is 0 Å². The Morgan fingerprint density at radius 2 is 1.62 bits per heavy atom. The number of likely N-dealkylation sites (N-methyl/N-ethyl adjacent to an activating group) is 1. The third-order valence-electron chi connectivity index (χ3n) is 6.38. The Bertz CT molecular complexity index is 591. The van der Waals surface area contributed by atoms with E-state index in [1.54, 1.807) is 11.8 Å². The number of carbonyl (C=O) groups excluding carboxylic acids is 3. The minimum absolute atomic E-state index is 0. The van der Waals surface area contributed by atoms with E-state index in [9.17, 15) is 14.4 Å². The molecule has 1 aliphatic carbocycles. The number of hydrogen-bond acceptors (Lipinski definition) is 6. The van der Waals surface area contributed by atoms with Crippen molar-refractivity contribution in [2.24, 2.45) is 23.7 Å². The van der Waals surface area contributed by atoms with Gasteiger partial charge in [-0.3, -0.25) is 21.4 Å². The second-order valence-electron chi connectivity index (χ2n) is 9.08. The summed E-state index contributed by atoms with van der Waals surface area (Å²) in [6, 6.07) is -0.442. The van der Waals surface area contributed by atoms with E-state index in [2.05, 4.69) is 38.6 Å². The van der Waals surface area contributed by atoms with Crippen molar-refractivity contribution in [1.82, 2.24) is 15.5 Å². The van der Waals surface area contributed by atoms with Crippen LogP contribution < -0.4 is 10.6 Å². The summed E-state index contributed by atoms with van der Waals surface area (Å²) in [5.41, 5.74) is 0. The topological polar surface area (TPSA) is 87.7 Å². The van der Waals surface area contributed by atoms with Crippen LogP contribution >= 0.6 is 0 Å². The third-order valence-corrected chi connectivity index (χ3v) is 6.38. The molecule has 9 heteroatoms. The molecule has 5 unspecified atom stereocenters. The Hall–Kier alpha value is 0.898. The number of nitrogens with one attached hydrogen (secondary N) is 2. The molecule has 1 aliphatic heterocycles. The molecule has 2 fully saturated rings. The van der Waals surface area contributed by atoms with Crippen molar-refractivity contribution in [2.45, 2.75) is 72.0 Å². The molecule has 1 saturated heterocycles. The summed E-state index contributed by atoms with van der Waals surface area (Å²) in [4.78, 5) is 37.0. The van der Waals surface area contributed by atoms with E-state index in [1.165, 1.54) is 0 Å². The second kappa shape index (κ2) is 20.9. The maximum Gasteiger partial charge on any atom is 0.237 e. The molecule has 1 amide bonds. The van der Waals surface area contributed by atoms with Gasteiger partial charge in [0.1, 0.15) is 0 Å². The van der Waals surface area contributed by atoms with Gasteiger partial charge < -0.3 is 35.1 Å². The van der Waals surface area contributed by atoms with Crippen LogP contribution in [0.1, 0.15) is 53.9 Å². The number of rotatable bonds is 9. The molecule has 34 heavy (non-hydrogen) atoms. The zero-order valence-electron chi connectivity index (χ0n) is 22.7. The van der Waals surface area contributed by atoms with Crippen molar-refractivity contribution >= 4 is 17.5 Å². The van der Waals surface area contributed by atoms with E-state index >= 15 is 0 Å². The van der Waals surface area contributed by atoms with Gasteiger partial charge in [0.15, 0.2) is 11.6 Å². The van der Waals surface area contributed by atoms with E-state index in [0.717, 1.165) is 19.3 Å². The van der Waals surface area contributed by atoms with Gasteiger partial charge in [-0.15, -0.1) is 0 Å². The van der Waals surface area contributed by atoms with Gasteiger partial charge in [0.2, 0.25) is 5.91 Å². The molecule has 0 spiro atoms. The first-order valence-corrected chi connectivity index (χ1v) is 11.0. The SMILES string of the molecule is [CH2-]NC1CCN(C(C(C)=O)C(C)C)C1=O.[CH2-]OCC(C(C)C)C1CCC(NC)C1=O.[CH3-].[CH3-].[Y].[Y]. The Morgan fingerprint density at radius 1 is 1.06 bits per heavy atom. The molecular formula is C25H47N3O4Y2-4. The van der Waals surface area contributed by atoms with E-state index in [0.29, 0.717) is 30.8 Å². The molecule has 5 atom stereocenters. The van der Waals surface area contributed by atoms with Gasteiger partial charge in [0, 0.05) is 84.5 Å². The van der Waals surface area contributed by atoms with Gasteiger partial charge in [-0.05, 0) is 51.0 Å². The molecule has 1 heterocycles. The van der Waals surface area contributed by atoms with Gasteiger partial charge >= 0.3 is 0 Å². The first-order valence-electron chi connectivity index (χ1n) is 11.0. The van der Waals surface area contributed by atoms with Crippen molar-refractivity contribution in [3.05, 3.63) is 29.0 Å². The van der Waals surface area contributed by atoms with Gasteiger partial charge in [0.05, 0.1) is 18.1 Å². The zero-order valence-corrected chi connectivity index (χ0v) is 28.4. The molecule has 0 aromatic heterocycles. The molecule has 2 N–H and O–H groups in total. The predicted molar refractivity (Wildman–Crippen MR) is 131 cm³/mol. The molecule has 7 nitrogen and oxygen atoms in total. The number of carbonyl (C=O) groups is 3. The average Bonchev–Trinajstić information content (AvgIpc) is 3.22. The Balaban J connectivity index is -0.000000237. The molecular weight excluding hydrogens is 584 g/mol. The van der Waals surface area contributed by atoms with E-state index in [1.807, 2.05) is 20.9 Å². The van der Waals surface area contributed by atoms with Crippen molar-refractivity contribution in [3.8, 4) is 0 Å². The fraction of sp³-hybridized carbons (Fsp3) is 0.720. The van der Waals surface area contributed by atoms with Crippen molar-refractivity contribution in [1.29, 1.82) is 0 Å². The van der Waals surface area contributed by atoms with Gasteiger partial charge in [0.25, 0.3) is 0 Å². The predicted octanol–water partition coefficient (Wildman–Crippen LogP) is 3.11. The number of amides is 1. The molecule has 0 aromatic carbocycles. The molecule has 2 aliphatic rings. The van der Waals surface area contributed by atoms with Crippen LogP contribution in [0.5, 0.6) is 0 Å². The minimum atomic E-state index is -0.282. The smallest absolute Gasteiger partial charge is 0.237 e. The standard InChI is InChI=1S/C12H22NO2.C11H19N2O2.2CH3.2Y/c1-8(2)10(7-15-4)9-5-6-11(13-3)12(9)14;1-7(2)10(8(3)14)13-6-5-9(12-4)11(13)15;;;;/h8-11,13H,4-7H2,1-3H3;7,9-10,12H,4-6H2,1-3H3;2*1H3;;/q4*-1;;. The Labute approximate surface area is 260 Å². The quantitative estimate of drug-likeness (QED) is 0.381. The van der Waals surface area contributed by atoms with E-state index < -0.39 is 0 Å². The summed E-state index contributed by atoms with van der Waals surface area (Å²) < 4.78 is 4.97. The van der Waals surface area contributed by atoms with E-state index in [4.69, 9.17) is 4.74 Å². The molecule has 0 bridgehead atoms. The molecule has 2 rings (SSSR count). The molecule has 2 radical (unpaired) electrons. The summed E-state index contributed by atoms with van der Waals surface area (Å²) in [6.07, 6.45) is 2.68. The monoisotopic (exact) mass is 631 g/mol. The maximum atomic E-state index is 12.0. The number of ketones is 2. The average molecular weight is 631 g/mol. The Kier molecular flexibility index (Phi) is 25.8.